The van der Waals surface area contributed by atoms with E-state index in [2.05, 4.69) is 31.6 Å². The summed E-state index contributed by atoms with van der Waals surface area (Å²) in [4.78, 5) is 21.4. The molecular weight excluding hydrogens is 342 g/mol. The van der Waals surface area contributed by atoms with Gasteiger partial charge < -0.3 is 10.2 Å². The Hall–Kier alpha value is -2.32. The van der Waals surface area contributed by atoms with Crippen molar-refractivity contribution in [2.75, 3.05) is 39.3 Å². The van der Waals surface area contributed by atoms with Crippen LogP contribution in [-0.2, 0) is 6.54 Å². The molecule has 4 heterocycles. The summed E-state index contributed by atoms with van der Waals surface area (Å²) < 4.78 is 1.88. The number of nitrogens with one attached hydrogen (secondary N) is 1. The number of pyridine rings is 1. The summed E-state index contributed by atoms with van der Waals surface area (Å²) in [7, 11) is 0. The predicted octanol–water partition coefficient (Wildman–Crippen LogP) is 0.946. The zero-order valence-corrected chi connectivity index (χ0v) is 15.6. The fraction of sp³-hybridized carbons (Fsp3) is 0.579. The van der Waals surface area contributed by atoms with Crippen molar-refractivity contribution in [1.82, 2.24) is 35.1 Å². The van der Waals surface area contributed by atoms with Gasteiger partial charge >= 0.3 is 0 Å². The van der Waals surface area contributed by atoms with Crippen LogP contribution in [0.15, 0.2) is 30.7 Å². The Morgan fingerprint density at radius 1 is 1.19 bits per heavy atom. The summed E-state index contributed by atoms with van der Waals surface area (Å²) in [6, 6.07) is 4.41. The highest BCUT2D eigenvalue weighted by molar-refractivity contribution is 5.91. The van der Waals surface area contributed by atoms with Gasteiger partial charge in [0.1, 0.15) is 0 Å². The molecule has 27 heavy (non-hydrogen) atoms. The number of hydrogen-bond donors (Lipinski definition) is 1. The number of amides is 1. The fourth-order valence-corrected chi connectivity index (χ4v) is 3.87. The minimum absolute atomic E-state index is 0.00147. The van der Waals surface area contributed by atoms with Crippen molar-refractivity contribution < 1.29 is 4.79 Å². The first-order valence-corrected chi connectivity index (χ1v) is 9.83. The van der Waals surface area contributed by atoms with E-state index in [1.54, 1.807) is 6.20 Å². The van der Waals surface area contributed by atoms with E-state index in [9.17, 15) is 4.79 Å². The largest absolute Gasteiger partial charge is 0.336 e. The van der Waals surface area contributed by atoms with E-state index in [0.717, 1.165) is 65.1 Å². The Kier molecular flexibility index (Phi) is 5.74. The fourth-order valence-electron chi connectivity index (χ4n) is 3.87. The monoisotopic (exact) mass is 369 g/mol. The summed E-state index contributed by atoms with van der Waals surface area (Å²) in [5.74, 6) is -0.00147. The number of rotatable bonds is 4. The summed E-state index contributed by atoms with van der Waals surface area (Å²) in [5, 5.41) is 11.7. The third-order valence-electron chi connectivity index (χ3n) is 5.42. The Labute approximate surface area is 159 Å². The third kappa shape index (κ3) is 4.51. The van der Waals surface area contributed by atoms with Crippen LogP contribution in [0.5, 0.6) is 0 Å². The quantitative estimate of drug-likeness (QED) is 0.864. The maximum atomic E-state index is 12.9. The molecule has 0 bridgehead atoms. The van der Waals surface area contributed by atoms with Gasteiger partial charge in [-0.2, -0.15) is 0 Å². The molecule has 0 aliphatic carbocycles. The Morgan fingerprint density at radius 3 is 2.89 bits per heavy atom. The van der Waals surface area contributed by atoms with Crippen molar-refractivity contribution in [3.63, 3.8) is 0 Å². The van der Waals surface area contributed by atoms with Gasteiger partial charge in [-0.15, -0.1) is 5.10 Å². The van der Waals surface area contributed by atoms with E-state index >= 15 is 0 Å². The van der Waals surface area contributed by atoms with Gasteiger partial charge in [0.25, 0.3) is 5.91 Å². The Morgan fingerprint density at radius 2 is 2.07 bits per heavy atom. The summed E-state index contributed by atoms with van der Waals surface area (Å²) in [6.45, 7) is 6.20. The van der Waals surface area contributed by atoms with E-state index in [-0.39, 0.29) is 5.91 Å². The molecule has 2 aliphatic rings. The van der Waals surface area contributed by atoms with Gasteiger partial charge in [0, 0.05) is 45.1 Å². The average Bonchev–Trinajstić information content (AvgIpc) is 3.10. The van der Waals surface area contributed by atoms with Gasteiger partial charge in [0.15, 0.2) is 5.69 Å². The third-order valence-corrected chi connectivity index (χ3v) is 5.42. The minimum Gasteiger partial charge on any atom is -0.336 e. The van der Waals surface area contributed by atoms with Gasteiger partial charge in [-0.1, -0.05) is 11.3 Å². The molecule has 0 aromatic carbocycles. The van der Waals surface area contributed by atoms with E-state index in [1.807, 2.05) is 28.0 Å². The van der Waals surface area contributed by atoms with Crippen molar-refractivity contribution in [2.24, 2.45) is 0 Å². The minimum atomic E-state index is -0.00147. The smallest absolute Gasteiger partial charge is 0.276 e. The lowest BCUT2D eigenvalue weighted by molar-refractivity contribution is 0.0755. The predicted molar refractivity (Wildman–Crippen MR) is 101 cm³/mol. The Bertz CT molecular complexity index is 742. The molecule has 144 valence electrons. The molecule has 2 aliphatic heterocycles. The maximum Gasteiger partial charge on any atom is 0.276 e. The lowest BCUT2D eigenvalue weighted by atomic mass is 10.1. The molecule has 4 rings (SSSR count). The number of hydrogen-bond acceptors (Lipinski definition) is 6. The van der Waals surface area contributed by atoms with E-state index in [0.29, 0.717) is 11.7 Å². The van der Waals surface area contributed by atoms with E-state index < -0.39 is 0 Å². The van der Waals surface area contributed by atoms with Crippen LogP contribution < -0.4 is 5.32 Å². The normalized spacial score (nSPS) is 19.8. The zero-order valence-electron chi connectivity index (χ0n) is 15.6. The molecule has 0 spiro atoms. The van der Waals surface area contributed by atoms with Crippen LogP contribution in [0.3, 0.4) is 0 Å². The van der Waals surface area contributed by atoms with E-state index in [4.69, 9.17) is 0 Å². The van der Waals surface area contributed by atoms with Crippen LogP contribution in [0.4, 0.5) is 0 Å². The number of nitrogens with zero attached hydrogens (tertiary/aromatic N) is 6. The van der Waals surface area contributed by atoms with Crippen molar-refractivity contribution >= 4 is 5.91 Å². The van der Waals surface area contributed by atoms with Gasteiger partial charge in [-0.25, -0.2) is 4.68 Å². The SMILES string of the molecule is O=C(c1cn(C2CCNCC2)nn1)N1CCCN(Cc2cccnc2)CC1. The lowest BCUT2D eigenvalue weighted by Crippen LogP contribution is -2.35. The number of piperidine rings is 1. The molecule has 1 N–H and O–H groups in total. The highest BCUT2D eigenvalue weighted by Gasteiger charge is 2.24. The van der Waals surface area contributed by atoms with Crippen molar-refractivity contribution in [3.8, 4) is 0 Å². The number of carbonyl (C=O) groups is 1. The van der Waals surface area contributed by atoms with Gasteiger partial charge in [0.05, 0.1) is 12.2 Å². The molecule has 2 saturated heterocycles. The zero-order chi connectivity index (χ0) is 18.5. The maximum absolute atomic E-state index is 12.9. The molecule has 8 nitrogen and oxygen atoms in total. The molecule has 0 saturated carbocycles. The van der Waals surface area contributed by atoms with Gasteiger partial charge in [0.2, 0.25) is 0 Å². The first kappa shape index (κ1) is 18.1. The highest BCUT2D eigenvalue weighted by Crippen LogP contribution is 2.18. The van der Waals surface area contributed by atoms with Crippen molar-refractivity contribution in [3.05, 3.63) is 42.0 Å². The van der Waals surface area contributed by atoms with Crippen LogP contribution in [0.25, 0.3) is 0 Å². The van der Waals surface area contributed by atoms with Crippen LogP contribution in [0, 0.1) is 0 Å². The average molecular weight is 369 g/mol. The first-order chi connectivity index (χ1) is 13.3. The molecular formula is C19H27N7O. The molecule has 2 aromatic rings. The van der Waals surface area contributed by atoms with Gasteiger partial charge in [-0.05, 0) is 44.0 Å². The van der Waals surface area contributed by atoms with Crippen molar-refractivity contribution in [1.29, 1.82) is 0 Å². The van der Waals surface area contributed by atoms with Crippen LogP contribution in [0.2, 0.25) is 0 Å². The molecule has 2 aromatic heterocycles. The first-order valence-electron chi connectivity index (χ1n) is 9.83. The summed E-state index contributed by atoms with van der Waals surface area (Å²) in [6.07, 6.45) is 8.56. The molecule has 8 heteroatoms. The highest BCUT2D eigenvalue weighted by atomic mass is 16.2. The topological polar surface area (TPSA) is 79.2 Å². The Balaban J connectivity index is 1.34. The van der Waals surface area contributed by atoms with Crippen molar-refractivity contribution in [2.45, 2.75) is 31.8 Å². The van der Waals surface area contributed by atoms with Crippen LogP contribution >= 0.6 is 0 Å². The number of carbonyl (C=O) groups excluding carboxylic acids is 1. The lowest BCUT2D eigenvalue weighted by Gasteiger charge is -2.22. The second-order valence-electron chi connectivity index (χ2n) is 7.35. The van der Waals surface area contributed by atoms with Gasteiger partial charge in [-0.3, -0.25) is 14.7 Å². The summed E-state index contributed by atoms with van der Waals surface area (Å²) in [5.41, 5.74) is 1.68. The molecule has 0 atom stereocenters. The number of aromatic nitrogens is 4. The second-order valence-corrected chi connectivity index (χ2v) is 7.35. The molecule has 1 amide bonds. The van der Waals surface area contributed by atoms with E-state index in [1.165, 1.54) is 5.56 Å². The molecule has 2 fully saturated rings. The second kappa shape index (κ2) is 8.58. The van der Waals surface area contributed by atoms with Crippen LogP contribution in [-0.4, -0.2) is 75.0 Å². The standard InChI is InChI=1S/C19H27N7O/c27-19(18-15-26(23-22-18)17-4-7-20-8-5-17)25-10-2-9-24(11-12-25)14-16-3-1-6-21-13-16/h1,3,6,13,15,17,20H,2,4-5,7-12,14H2. The molecule has 0 unspecified atom stereocenters. The van der Waals surface area contributed by atoms with Crippen LogP contribution in [0.1, 0.15) is 41.4 Å². The molecule has 0 radical (unpaired) electrons. The summed E-state index contributed by atoms with van der Waals surface area (Å²) >= 11 is 0.